The van der Waals surface area contributed by atoms with Crippen LogP contribution in [0.15, 0.2) is 54.7 Å². The monoisotopic (exact) mass is 423 g/mol. The third kappa shape index (κ3) is 4.37. The fourth-order valence-corrected chi connectivity index (χ4v) is 3.96. The topological polar surface area (TPSA) is 83.1 Å². The number of aryl methyl sites for hydroxylation is 3. The van der Waals surface area contributed by atoms with Gasteiger partial charge in [0, 0.05) is 24.4 Å². The Kier molecular flexibility index (Phi) is 6.00. The number of aromatic nitrogens is 3. The standard InChI is InChI=1S/C26H25N5O/c1-17-6-4-8-21(12-17)22-9-5-7-20(13-22)15-28-25(32)11-10-24-18(2)30-26-23(14-27)16-29-31(26)19(24)3/h4-9,12-13,16H,10-11,15H2,1-3H3,(H,28,32). The molecule has 160 valence electrons. The Labute approximate surface area is 187 Å². The van der Waals surface area contributed by atoms with Gasteiger partial charge in [-0.2, -0.15) is 10.4 Å². The third-order valence-electron chi connectivity index (χ3n) is 5.70. The van der Waals surface area contributed by atoms with Crippen molar-refractivity contribution < 1.29 is 4.79 Å². The Bertz CT molecular complexity index is 1350. The number of nitrogens with zero attached hydrogens (tertiary/aromatic N) is 4. The van der Waals surface area contributed by atoms with Gasteiger partial charge in [0.05, 0.1) is 6.20 Å². The summed E-state index contributed by atoms with van der Waals surface area (Å²) in [6, 6.07) is 18.8. The largest absolute Gasteiger partial charge is 0.352 e. The van der Waals surface area contributed by atoms with Gasteiger partial charge in [-0.05, 0) is 55.5 Å². The van der Waals surface area contributed by atoms with E-state index < -0.39 is 0 Å². The van der Waals surface area contributed by atoms with Gasteiger partial charge in [0.1, 0.15) is 11.6 Å². The van der Waals surface area contributed by atoms with E-state index in [4.69, 9.17) is 0 Å². The number of amides is 1. The summed E-state index contributed by atoms with van der Waals surface area (Å²) in [5.74, 6) is -0.0111. The molecular weight excluding hydrogens is 398 g/mol. The summed E-state index contributed by atoms with van der Waals surface area (Å²) in [6.45, 7) is 6.42. The number of nitriles is 1. The van der Waals surface area contributed by atoms with Gasteiger partial charge in [0.2, 0.25) is 5.91 Å². The zero-order valence-electron chi connectivity index (χ0n) is 18.5. The number of rotatable bonds is 6. The highest BCUT2D eigenvalue weighted by molar-refractivity contribution is 5.76. The lowest BCUT2D eigenvalue weighted by Crippen LogP contribution is -2.23. The molecule has 6 heteroatoms. The van der Waals surface area contributed by atoms with Gasteiger partial charge in [-0.1, -0.05) is 48.0 Å². The molecule has 0 saturated heterocycles. The summed E-state index contributed by atoms with van der Waals surface area (Å²) in [4.78, 5) is 17.1. The molecule has 4 rings (SSSR count). The second-order valence-corrected chi connectivity index (χ2v) is 8.01. The van der Waals surface area contributed by atoms with Crippen LogP contribution in [0.4, 0.5) is 0 Å². The highest BCUT2D eigenvalue weighted by Crippen LogP contribution is 2.22. The molecule has 0 fully saturated rings. The molecule has 1 N–H and O–H groups in total. The zero-order chi connectivity index (χ0) is 22.7. The van der Waals surface area contributed by atoms with Gasteiger partial charge in [-0.3, -0.25) is 4.79 Å². The number of nitrogens with one attached hydrogen (secondary N) is 1. The first-order valence-corrected chi connectivity index (χ1v) is 10.6. The average Bonchev–Trinajstić information content (AvgIpc) is 3.20. The van der Waals surface area contributed by atoms with Gasteiger partial charge < -0.3 is 5.32 Å². The number of hydrogen-bond acceptors (Lipinski definition) is 4. The molecule has 0 aliphatic rings. The molecule has 0 aliphatic carbocycles. The molecule has 2 aromatic carbocycles. The maximum absolute atomic E-state index is 12.5. The fraction of sp³-hybridized carbons (Fsp3) is 0.231. The predicted octanol–water partition coefficient (Wildman–Crippen LogP) is 4.44. The minimum atomic E-state index is -0.0111. The molecule has 0 saturated carbocycles. The van der Waals surface area contributed by atoms with Crippen molar-refractivity contribution >= 4 is 11.6 Å². The van der Waals surface area contributed by atoms with Crippen LogP contribution in [0.5, 0.6) is 0 Å². The lowest BCUT2D eigenvalue weighted by atomic mass is 10.0. The Balaban J connectivity index is 1.40. The van der Waals surface area contributed by atoms with Gasteiger partial charge >= 0.3 is 0 Å². The van der Waals surface area contributed by atoms with Crippen LogP contribution in [-0.2, 0) is 17.8 Å². The first-order chi connectivity index (χ1) is 15.5. The van der Waals surface area contributed by atoms with Crippen LogP contribution < -0.4 is 5.32 Å². The molecular formula is C26H25N5O. The molecule has 32 heavy (non-hydrogen) atoms. The number of fused-ring (bicyclic) bond motifs is 1. The van der Waals surface area contributed by atoms with Crippen LogP contribution in [0, 0.1) is 32.1 Å². The number of benzene rings is 2. The fourth-order valence-electron chi connectivity index (χ4n) is 3.96. The maximum atomic E-state index is 12.5. The summed E-state index contributed by atoms with van der Waals surface area (Å²) in [5.41, 5.74) is 8.33. The van der Waals surface area contributed by atoms with Crippen molar-refractivity contribution in [2.75, 3.05) is 0 Å². The van der Waals surface area contributed by atoms with E-state index in [-0.39, 0.29) is 5.91 Å². The molecule has 6 nitrogen and oxygen atoms in total. The van der Waals surface area contributed by atoms with Crippen LogP contribution in [0.1, 0.15) is 40.1 Å². The Morgan fingerprint density at radius 2 is 1.84 bits per heavy atom. The summed E-state index contributed by atoms with van der Waals surface area (Å²) in [7, 11) is 0. The van der Waals surface area contributed by atoms with E-state index in [0.29, 0.717) is 30.6 Å². The minimum absolute atomic E-state index is 0.0111. The lowest BCUT2D eigenvalue weighted by Gasteiger charge is -2.12. The molecule has 0 aliphatic heterocycles. The second-order valence-electron chi connectivity index (χ2n) is 8.01. The molecule has 0 bridgehead atoms. The summed E-state index contributed by atoms with van der Waals surface area (Å²) in [5, 5.41) is 16.5. The second kappa shape index (κ2) is 9.03. The summed E-state index contributed by atoms with van der Waals surface area (Å²) >= 11 is 0. The van der Waals surface area contributed by atoms with Crippen LogP contribution in [0.2, 0.25) is 0 Å². The average molecular weight is 424 g/mol. The molecule has 1 amide bonds. The highest BCUT2D eigenvalue weighted by Gasteiger charge is 2.14. The lowest BCUT2D eigenvalue weighted by molar-refractivity contribution is -0.121. The first-order valence-electron chi connectivity index (χ1n) is 10.6. The summed E-state index contributed by atoms with van der Waals surface area (Å²) < 4.78 is 1.68. The van der Waals surface area contributed by atoms with Crippen molar-refractivity contribution in [1.29, 1.82) is 5.26 Å². The van der Waals surface area contributed by atoms with E-state index in [2.05, 4.69) is 64.8 Å². The van der Waals surface area contributed by atoms with Gasteiger partial charge in [0.15, 0.2) is 5.65 Å². The molecule has 4 aromatic rings. The van der Waals surface area contributed by atoms with Crippen LogP contribution in [-0.4, -0.2) is 20.5 Å². The normalized spacial score (nSPS) is 10.8. The van der Waals surface area contributed by atoms with Crippen LogP contribution >= 0.6 is 0 Å². The van der Waals surface area contributed by atoms with E-state index >= 15 is 0 Å². The van der Waals surface area contributed by atoms with Crippen molar-refractivity contribution in [3.05, 3.63) is 88.4 Å². The van der Waals surface area contributed by atoms with Gasteiger partial charge in [0.25, 0.3) is 0 Å². The number of hydrogen-bond donors (Lipinski definition) is 1. The van der Waals surface area contributed by atoms with Crippen LogP contribution in [0.25, 0.3) is 16.8 Å². The number of carbonyl (C=O) groups excluding carboxylic acids is 1. The maximum Gasteiger partial charge on any atom is 0.220 e. The molecule has 0 atom stereocenters. The van der Waals surface area contributed by atoms with E-state index in [0.717, 1.165) is 28.1 Å². The third-order valence-corrected chi connectivity index (χ3v) is 5.70. The Hall–Kier alpha value is -3.98. The SMILES string of the molecule is Cc1cccc(-c2cccc(CNC(=O)CCc3c(C)nc4c(C#N)cnn4c3C)c2)c1. The smallest absolute Gasteiger partial charge is 0.220 e. The Morgan fingerprint density at radius 3 is 2.59 bits per heavy atom. The molecule has 0 radical (unpaired) electrons. The van der Waals surface area contributed by atoms with Crippen molar-refractivity contribution in [1.82, 2.24) is 19.9 Å². The molecule has 2 heterocycles. The predicted molar refractivity (Wildman–Crippen MR) is 124 cm³/mol. The van der Waals surface area contributed by atoms with Crippen LogP contribution in [0.3, 0.4) is 0 Å². The van der Waals surface area contributed by atoms with E-state index in [1.165, 1.54) is 17.3 Å². The minimum Gasteiger partial charge on any atom is -0.352 e. The van der Waals surface area contributed by atoms with E-state index in [9.17, 15) is 10.1 Å². The highest BCUT2D eigenvalue weighted by atomic mass is 16.1. The van der Waals surface area contributed by atoms with E-state index in [1.807, 2.05) is 26.0 Å². The van der Waals surface area contributed by atoms with Crippen molar-refractivity contribution in [2.24, 2.45) is 0 Å². The quantitative estimate of drug-likeness (QED) is 0.497. The van der Waals surface area contributed by atoms with Crippen molar-refractivity contribution in [2.45, 2.75) is 40.2 Å². The zero-order valence-corrected chi connectivity index (χ0v) is 18.5. The van der Waals surface area contributed by atoms with Crippen molar-refractivity contribution in [3.8, 4) is 17.2 Å². The number of carbonyl (C=O) groups is 1. The summed E-state index contributed by atoms with van der Waals surface area (Å²) in [6.07, 6.45) is 2.45. The van der Waals surface area contributed by atoms with Crippen molar-refractivity contribution in [3.63, 3.8) is 0 Å². The first kappa shape index (κ1) is 21.3. The van der Waals surface area contributed by atoms with E-state index in [1.54, 1.807) is 4.52 Å². The Morgan fingerprint density at radius 1 is 1.09 bits per heavy atom. The molecule has 0 unspecified atom stereocenters. The van der Waals surface area contributed by atoms with Gasteiger partial charge in [-0.25, -0.2) is 9.50 Å². The van der Waals surface area contributed by atoms with Gasteiger partial charge in [-0.15, -0.1) is 0 Å². The molecule has 0 spiro atoms. The molecule has 2 aromatic heterocycles.